The molecule has 0 bridgehead atoms. The lowest BCUT2D eigenvalue weighted by molar-refractivity contribution is -0.142. The Hall–Kier alpha value is -2.25. The first kappa shape index (κ1) is 19.8. The summed E-state index contributed by atoms with van der Waals surface area (Å²) in [5.74, 6) is -2.46. The first-order chi connectivity index (χ1) is 10.3. The summed E-state index contributed by atoms with van der Waals surface area (Å²) in [5, 5.41) is 13.6. The zero-order valence-electron chi connectivity index (χ0n) is 12.8. The number of rotatable bonds is 11. The largest absolute Gasteiger partial charge is 0.480 e. The lowest BCUT2D eigenvalue weighted by Crippen LogP contribution is -2.40. The number of carboxylic acids is 1. The fourth-order valence-corrected chi connectivity index (χ4v) is 1.55. The summed E-state index contributed by atoms with van der Waals surface area (Å²) in [6, 6.07) is -1.11. The highest BCUT2D eigenvalue weighted by atomic mass is 16.4. The topological polar surface area (TPSA) is 130 Å². The van der Waals surface area contributed by atoms with Crippen LogP contribution < -0.4 is 10.6 Å². The number of carboxylic acid groups (broad SMARTS) is 1. The van der Waals surface area contributed by atoms with Crippen LogP contribution in [0.1, 0.15) is 46.0 Å². The number of carbonyl (C=O) groups excluding carboxylic acids is 4. The number of ketones is 2. The van der Waals surface area contributed by atoms with Gasteiger partial charge in [-0.05, 0) is 13.3 Å². The van der Waals surface area contributed by atoms with Crippen LogP contribution in [0.3, 0.4) is 0 Å². The maximum absolute atomic E-state index is 11.6. The van der Waals surface area contributed by atoms with Gasteiger partial charge >= 0.3 is 5.97 Å². The van der Waals surface area contributed by atoms with E-state index in [-0.39, 0.29) is 50.2 Å². The first-order valence-corrected chi connectivity index (χ1v) is 7.06. The predicted molar refractivity (Wildman–Crippen MR) is 77.0 cm³/mol. The van der Waals surface area contributed by atoms with Crippen LogP contribution in [0.2, 0.25) is 0 Å². The Balaban J connectivity index is 4.09. The van der Waals surface area contributed by atoms with Crippen molar-refractivity contribution in [3.8, 4) is 0 Å². The summed E-state index contributed by atoms with van der Waals surface area (Å²) >= 11 is 0. The molecular formula is C14H22N2O6. The number of amides is 2. The monoisotopic (exact) mass is 314 g/mol. The molecule has 2 amide bonds. The van der Waals surface area contributed by atoms with Crippen molar-refractivity contribution in [1.29, 1.82) is 0 Å². The highest BCUT2D eigenvalue weighted by Gasteiger charge is 2.20. The molecule has 0 saturated heterocycles. The second kappa shape index (κ2) is 10.5. The number of aliphatic carboxylic acids is 1. The van der Waals surface area contributed by atoms with Gasteiger partial charge in [-0.15, -0.1) is 0 Å². The summed E-state index contributed by atoms with van der Waals surface area (Å²) in [7, 11) is 0. The molecule has 0 aromatic rings. The van der Waals surface area contributed by atoms with Gasteiger partial charge in [-0.1, -0.05) is 6.92 Å². The van der Waals surface area contributed by atoms with E-state index in [2.05, 4.69) is 10.6 Å². The van der Waals surface area contributed by atoms with Gasteiger partial charge in [-0.3, -0.25) is 19.2 Å². The highest BCUT2D eigenvalue weighted by molar-refractivity contribution is 5.88. The fraction of sp³-hybridized carbons (Fsp3) is 0.643. The average molecular weight is 314 g/mol. The van der Waals surface area contributed by atoms with Crippen molar-refractivity contribution in [3.63, 3.8) is 0 Å². The van der Waals surface area contributed by atoms with Crippen LogP contribution in [-0.4, -0.2) is 47.0 Å². The van der Waals surface area contributed by atoms with Gasteiger partial charge in [-0.2, -0.15) is 0 Å². The minimum atomic E-state index is -1.20. The Morgan fingerprint density at radius 3 is 2.14 bits per heavy atom. The maximum Gasteiger partial charge on any atom is 0.326 e. The minimum absolute atomic E-state index is 0.0189. The Labute approximate surface area is 128 Å². The third-order valence-electron chi connectivity index (χ3n) is 2.83. The Morgan fingerprint density at radius 2 is 1.64 bits per heavy atom. The molecule has 0 heterocycles. The molecule has 0 saturated carbocycles. The molecule has 8 heteroatoms. The molecule has 0 aliphatic heterocycles. The molecule has 8 nitrogen and oxygen atoms in total. The zero-order valence-corrected chi connectivity index (χ0v) is 12.8. The number of Topliss-reactive ketones (excluding diaryl/α,β-unsaturated/α-hetero) is 2. The van der Waals surface area contributed by atoms with Gasteiger partial charge in [0.2, 0.25) is 11.8 Å². The molecule has 124 valence electrons. The van der Waals surface area contributed by atoms with Crippen LogP contribution in [-0.2, 0) is 24.0 Å². The van der Waals surface area contributed by atoms with Gasteiger partial charge in [0.15, 0.2) is 0 Å². The van der Waals surface area contributed by atoms with Crippen molar-refractivity contribution >= 4 is 29.4 Å². The van der Waals surface area contributed by atoms with E-state index in [1.165, 1.54) is 6.92 Å². The average Bonchev–Trinajstić information content (AvgIpc) is 2.46. The Bertz CT molecular complexity index is 447. The van der Waals surface area contributed by atoms with Crippen LogP contribution in [0.15, 0.2) is 0 Å². The fourth-order valence-electron chi connectivity index (χ4n) is 1.55. The van der Waals surface area contributed by atoms with Crippen molar-refractivity contribution in [1.82, 2.24) is 10.6 Å². The summed E-state index contributed by atoms with van der Waals surface area (Å²) in [5.41, 5.74) is 0. The van der Waals surface area contributed by atoms with E-state index < -0.39 is 23.8 Å². The van der Waals surface area contributed by atoms with E-state index >= 15 is 0 Å². The van der Waals surface area contributed by atoms with Gasteiger partial charge in [0, 0.05) is 25.7 Å². The van der Waals surface area contributed by atoms with E-state index in [0.29, 0.717) is 0 Å². The first-order valence-electron chi connectivity index (χ1n) is 7.06. The maximum atomic E-state index is 11.6. The third kappa shape index (κ3) is 9.62. The molecule has 0 aliphatic carbocycles. The summed E-state index contributed by atoms with van der Waals surface area (Å²) in [6.45, 7) is 2.86. The van der Waals surface area contributed by atoms with Crippen molar-refractivity contribution in [2.75, 3.05) is 6.54 Å². The standard InChI is InChI=1S/C14H22N2O6/c1-3-12(19)16-11(14(21)22)6-4-10(18)5-7-13(20)15-8-9(2)17/h11H,3-8H2,1-2H3,(H,15,20)(H,16,19)(H,21,22). The third-order valence-corrected chi connectivity index (χ3v) is 2.83. The quantitative estimate of drug-likeness (QED) is 0.484. The van der Waals surface area contributed by atoms with Crippen molar-refractivity contribution < 1.29 is 29.1 Å². The molecule has 0 fully saturated rings. The van der Waals surface area contributed by atoms with Gasteiger partial charge in [0.25, 0.3) is 0 Å². The molecule has 0 rings (SSSR count). The molecule has 0 aromatic carbocycles. The summed E-state index contributed by atoms with van der Waals surface area (Å²) < 4.78 is 0. The Morgan fingerprint density at radius 1 is 1.00 bits per heavy atom. The van der Waals surface area contributed by atoms with Crippen LogP contribution in [0.5, 0.6) is 0 Å². The summed E-state index contributed by atoms with van der Waals surface area (Å²) in [4.78, 5) is 55.7. The molecule has 0 aromatic heterocycles. The molecule has 0 aliphatic rings. The molecular weight excluding hydrogens is 292 g/mol. The number of nitrogens with one attached hydrogen (secondary N) is 2. The zero-order chi connectivity index (χ0) is 17.1. The van der Waals surface area contributed by atoms with Gasteiger partial charge < -0.3 is 15.7 Å². The van der Waals surface area contributed by atoms with E-state index in [9.17, 15) is 24.0 Å². The lowest BCUT2D eigenvalue weighted by Gasteiger charge is -2.13. The van der Waals surface area contributed by atoms with Gasteiger partial charge in [0.1, 0.15) is 17.6 Å². The number of carbonyl (C=O) groups is 5. The van der Waals surface area contributed by atoms with E-state index in [1.54, 1.807) is 6.92 Å². The molecule has 0 radical (unpaired) electrons. The molecule has 3 N–H and O–H groups in total. The van der Waals surface area contributed by atoms with Crippen molar-refractivity contribution in [2.45, 2.75) is 52.0 Å². The smallest absolute Gasteiger partial charge is 0.326 e. The number of hydrogen-bond donors (Lipinski definition) is 3. The van der Waals surface area contributed by atoms with Crippen molar-refractivity contribution in [2.24, 2.45) is 0 Å². The highest BCUT2D eigenvalue weighted by Crippen LogP contribution is 2.04. The molecule has 1 atom stereocenters. The SMILES string of the molecule is CCC(=O)NC(CCC(=O)CCC(=O)NCC(C)=O)C(=O)O. The minimum Gasteiger partial charge on any atom is -0.480 e. The second-order valence-corrected chi connectivity index (χ2v) is 4.87. The van der Waals surface area contributed by atoms with Gasteiger partial charge in [-0.25, -0.2) is 4.79 Å². The van der Waals surface area contributed by atoms with Crippen LogP contribution in [0.25, 0.3) is 0 Å². The summed E-state index contributed by atoms with van der Waals surface area (Å²) in [6.07, 6.45) is 0.0208. The van der Waals surface area contributed by atoms with Crippen LogP contribution >= 0.6 is 0 Å². The number of hydrogen-bond acceptors (Lipinski definition) is 5. The van der Waals surface area contributed by atoms with E-state index in [1.807, 2.05) is 0 Å². The molecule has 0 spiro atoms. The van der Waals surface area contributed by atoms with Crippen LogP contribution in [0, 0.1) is 0 Å². The Kier molecular flexibility index (Phi) is 9.40. The predicted octanol–water partition coefficient (Wildman–Crippen LogP) is -0.199. The van der Waals surface area contributed by atoms with Crippen LogP contribution in [0.4, 0.5) is 0 Å². The van der Waals surface area contributed by atoms with Gasteiger partial charge in [0.05, 0.1) is 6.54 Å². The lowest BCUT2D eigenvalue weighted by atomic mass is 10.1. The molecule has 1 unspecified atom stereocenters. The van der Waals surface area contributed by atoms with E-state index in [4.69, 9.17) is 5.11 Å². The van der Waals surface area contributed by atoms with E-state index in [0.717, 1.165) is 0 Å². The second-order valence-electron chi connectivity index (χ2n) is 4.87. The normalized spacial score (nSPS) is 11.4. The van der Waals surface area contributed by atoms with Crippen molar-refractivity contribution in [3.05, 3.63) is 0 Å². The molecule has 22 heavy (non-hydrogen) atoms.